The maximum absolute atomic E-state index is 2.13. The first-order valence-electron chi connectivity index (χ1n) is 9.46. The van der Waals surface area contributed by atoms with Gasteiger partial charge >= 0.3 is 0 Å². The van der Waals surface area contributed by atoms with Crippen LogP contribution in [0.25, 0.3) is 12.2 Å². The number of anilines is 2. The van der Waals surface area contributed by atoms with Crippen LogP contribution < -0.4 is 9.80 Å². The maximum Gasteiger partial charge on any atom is 0.0361 e. The van der Waals surface area contributed by atoms with Gasteiger partial charge in [-0.15, -0.1) is 0 Å². The van der Waals surface area contributed by atoms with Gasteiger partial charge in [-0.2, -0.15) is 0 Å². The third-order valence-corrected chi connectivity index (χ3v) is 3.51. The van der Waals surface area contributed by atoms with Gasteiger partial charge in [-0.25, -0.2) is 0 Å². The van der Waals surface area contributed by atoms with E-state index in [-0.39, 0.29) is 0 Å². The van der Waals surface area contributed by atoms with E-state index < -0.39 is 0 Å². The van der Waals surface area contributed by atoms with Crippen LogP contribution >= 0.6 is 0 Å². The minimum Gasteiger partial charge on any atom is -0.378 e. The van der Waals surface area contributed by atoms with Gasteiger partial charge in [-0.1, -0.05) is 76.3 Å². The van der Waals surface area contributed by atoms with Crippen LogP contribution in [0, 0.1) is 0 Å². The second-order valence-corrected chi connectivity index (χ2v) is 5.69. The molecule has 2 aromatic carbocycles. The summed E-state index contributed by atoms with van der Waals surface area (Å²) in [7, 11) is 8.20. The first-order chi connectivity index (χ1) is 12.6. The van der Waals surface area contributed by atoms with E-state index in [1.165, 1.54) is 22.5 Å². The van der Waals surface area contributed by atoms with Crippen LogP contribution in [0.15, 0.2) is 60.7 Å². The van der Waals surface area contributed by atoms with Crippen molar-refractivity contribution in [3.8, 4) is 0 Å². The second-order valence-electron chi connectivity index (χ2n) is 5.69. The van der Waals surface area contributed by atoms with Crippen LogP contribution in [-0.4, -0.2) is 28.2 Å². The molecule has 0 radical (unpaired) electrons. The topological polar surface area (TPSA) is 6.48 Å². The van der Waals surface area contributed by atoms with E-state index in [1.54, 1.807) is 0 Å². The summed E-state index contributed by atoms with van der Waals surface area (Å²) in [5, 5.41) is 0. The minimum atomic E-state index is 1.21. The fraction of sp³-hybridized carbons (Fsp3) is 0.333. The molecule has 0 aromatic heterocycles. The van der Waals surface area contributed by atoms with Crippen LogP contribution in [0.3, 0.4) is 0 Å². The summed E-state index contributed by atoms with van der Waals surface area (Å²) in [5.74, 6) is 0. The minimum absolute atomic E-state index is 1.21. The van der Waals surface area contributed by atoms with E-state index in [0.717, 1.165) is 0 Å². The maximum atomic E-state index is 2.13. The Morgan fingerprint density at radius 2 is 0.769 bits per heavy atom. The molecular weight excluding hydrogens is 316 g/mol. The van der Waals surface area contributed by atoms with Gasteiger partial charge in [0.2, 0.25) is 0 Å². The molecule has 0 heterocycles. The first-order valence-corrected chi connectivity index (χ1v) is 9.46. The third-order valence-electron chi connectivity index (χ3n) is 3.51. The van der Waals surface area contributed by atoms with E-state index in [2.05, 4.69) is 111 Å². The summed E-state index contributed by atoms with van der Waals surface area (Å²) in [6.07, 6.45) is 8.38. The largest absolute Gasteiger partial charge is 0.378 e. The predicted molar refractivity (Wildman–Crippen MR) is 122 cm³/mol. The fourth-order valence-electron chi connectivity index (χ4n) is 2.10. The van der Waals surface area contributed by atoms with Crippen molar-refractivity contribution in [2.75, 3.05) is 38.0 Å². The molecule has 0 aliphatic heterocycles. The number of rotatable bonds is 5. The number of hydrogen-bond donors (Lipinski definition) is 0. The normalized spacial score (nSPS) is 10.0. The molecule has 0 unspecified atom stereocenters. The molecule has 0 aliphatic rings. The highest BCUT2D eigenvalue weighted by molar-refractivity contribution is 5.60. The van der Waals surface area contributed by atoms with Crippen molar-refractivity contribution >= 4 is 23.5 Å². The zero-order valence-corrected chi connectivity index (χ0v) is 17.8. The summed E-state index contributed by atoms with van der Waals surface area (Å²) in [4.78, 5) is 4.20. The van der Waals surface area contributed by atoms with Crippen molar-refractivity contribution in [3.63, 3.8) is 0 Å². The average molecular weight is 353 g/mol. The Morgan fingerprint density at radius 3 is 1.00 bits per heavy atom. The van der Waals surface area contributed by atoms with Crippen molar-refractivity contribution in [3.05, 3.63) is 71.8 Å². The van der Waals surface area contributed by atoms with Gasteiger partial charge < -0.3 is 9.80 Å². The van der Waals surface area contributed by atoms with Gasteiger partial charge in [-0.3, -0.25) is 0 Å². The van der Waals surface area contributed by atoms with Crippen molar-refractivity contribution < 1.29 is 0 Å². The van der Waals surface area contributed by atoms with Crippen molar-refractivity contribution in [2.24, 2.45) is 0 Å². The lowest BCUT2D eigenvalue weighted by atomic mass is 10.1. The summed E-state index contributed by atoms with van der Waals surface area (Å²) in [5.41, 5.74) is 4.85. The summed E-state index contributed by atoms with van der Waals surface area (Å²) in [6, 6.07) is 17.0. The van der Waals surface area contributed by atoms with Gasteiger partial charge in [0.25, 0.3) is 0 Å². The van der Waals surface area contributed by atoms with E-state index >= 15 is 0 Å². The Morgan fingerprint density at radius 1 is 0.500 bits per heavy atom. The Balaban J connectivity index is 0.00000146. The predicted octanol–water partition coefficient (Wildman–Crippen LogP) is 6.60. The van der Waals surface area contributed by atoms with Gasteiger partial charge in [0.15, 0.2) is 0 Å². The zero-order chi connectivity index (χ0) is 19.9. The molecule has 0 N–H and O–H groups in total. The lowest BCUT2D eigenvalue weighted by molar-refractivity contribution is 1.13. The molecule has 0 aliphatic carbocycles. The molecule has 0 amide bonds. The lowest BCUT2D eigenvalue weighted by Gasteiger charge is -2.11. The molecule has 2 heteroatoms. The van der Waals surface area contributed by atoms with Crippen LogP contribution in [0.1, 0.15) is 38.8 Å². The Hall–Kier alpha value is -2.48. The number of nitrogens with zero attached hydrogens (tertiary/aromatic N) is 2. The highest BCUT2D eigenvalue weighted by Gasteiger charge is 1.94. The molecule has 0 bridgehead atoms. The van der Waals surface area contributed by atoms with Crippen LogP contribution in [0.5, 0.6) is 0 Å². The number of allylic oxidation sites excluding steroid dienone is 2. The van der Waals surface area contributed by atoms with Crippen molar-refractivity contribution in [1.82, 2.24) is 0 Å². The van der Waals surface area contributed by atoms with Gasteiger partial charge in [-0.05, 0) is 35.4 Å². The molecular formula is C24H36N2. The first kappa shape index (κ1) is 23.5. The third kappa shape index (κ3) is 8.57. The molecule has 142 valence electrons. The van der Waals surface area contributed by atoms with E-state index in [9.17, 15) is 0 Å². The Bertz CT molecular complexity index is 573. The number of hydrogen-bond acceptors (Lipinski definition) is 2. The lowest BCUT2D eigenvalue weighted by Crippen LogP contribution is -2.07. The molecule has 0 atom stereocenters. The molecule has 2 rings (SSSR count). The molecule has 0 saturated carbocycles. The molecule has 2 aromatic rings. The monoisotopic (exact) mass is 352 g/mol. The SMILES string of the molecule is CC.CC.CN(C)c1ccc(C=CC=Cc2ccc(N(C)C)cc2)cc1. The molecule has 0 fully saturated rings. The smallest absolute Gasteiger partial charge is 0.0361 e. The Kier molecular flexibility index (Phi) is 12.5. The quantitative estimate of drug-likeness (QED) is 0.559. The second kappa shape index (κ2) is 13.8. The molecule has 26 heavy (non-hydrogen) atoms. The molecule has 0 spiro atoms. The summed E-state index contributed by atoms with van der Waals surface area (Å²) in [6.45, 7) is 8.00. The van der Waals surface area contributed by atoms with Crippen LogP contribution in [0.4, 0.5) is 11.4 Å². The van der Waals surface area contributed by atoms with Crippen LogP contribution in [0.2, 0.25) is 0 Å². The number of benzene rings is 2. The fourth-order valence-corrected chi connectivity index (χ4v) is 2.10. The summed E-state index contributed by atoms with van der Waals surface area (Å²) >= 11 is 0. The Labute approximate surface area is 161 Å². The highest BCUT2D eigenvalue weighted by atomic mass is 15.1. The standard InChI is InChI=1S/C20H24N2.2C2H6/c1-21(2)19-13-9-17(10-14-19)7-5-6-8-18-11-15-20(16-12-18)22(3)4;2*1-2/h5-16H,1-4H3;2*1-2H3. The average Bonchev–Trinajstić information content (AvgIpc) is 2.69. The highest BCUT2D eigenvalue weighted by Crippen LogP contribution is 2.14. The molecule has 0 saturated heterocycles. The van der Waals surface area contributed by atoms with E-state index in [4.69, 9.17) is 0 Å². The van der Waals surface area contributed by atoms with E-state index in [0.29, 0.717) is 0 Å². The van der Waals surface area contributed by atoms with Gasteiger partial charge in [0.05, 0.1) is 0 Å². The summed E-state index contributed by atoms with van der Waals surface area (Å²) < 4.78 is 0. The molecule has 2 nitrogen and oxygen atoms in total. The van der Waals surface area contributed by atoms with E-state index in [1.807, 2.05) is 27.7 Å². The van der Waals surface area contributed by atoms with Crippen molar-refractivity contribution in [2.45, 2.75) is 27.7 Å². The van der Waals surface area contributed by atoms with Gasteiger partial charge in [0, 0.05) is 39.6 Å². The van der Waals surface area contributed by atoms with Gasteiger partial charge in [0.1, 0.15) is 0 Å². The van der Waals surface area contributed by atoms with Crippen LogP contribution in [-0.2, 0) is 0 Å². The van der Waals surface area contributed by atoms with Crippen molar-refractivity contribution in [1.29, 1.82) is 0 Å². The zero-order valence-electron chi connectivity index (χ0n) is 17.8.